The summed E-state index contributed by atoms with van der Waals surface area (Å²) in [5.74, 6) is -1.72. The molecule has 1 aromatic carbocycles. The Balaban J connectivity index is 2.23. The first-order valence-electron chi connectivity index (χ1n) is 5.75. The van der Waals surface area contributed by atoms with Gasteiger partial charge in [-0.05, 0) is 24.1 Å². The molecule has 1 saturated heterocycles. The van der Waals surface area contributed by atoms with Crippen molar-refractivity contribution in [3.05, 3.63) is 34.3 Å². The molecule has 0 N–H and O–H groups in total. The van der Waals surface area contributed by atoms with E-state index < -0.39 is 23.8 Å². The molecule has 5 nitrogen and oxygen atoms in total. The summed E-state index contributed by atoms with van der Waals surface area (Å²) >= 11 is 3.33. The third-order valence-corrected chi connectivity index (χ3v) is 3.71. The Bertz CT molecular complexity index is 517. The van der Waals surface area contributed by atoms with Gasteiger partial charge in [0.05, 0.1) is 0 Å². The Morgan fingerprint density at radius 2 is 1.47 bits per heavy atom. The molecule has 0 saturated carbocycles. The maximum atomic E-state index is 12.0. The van der Waals surface area contributed by atoms with E-state index in [1.807, 2.05) is 24.3 Å². The van der Waals surface area contributed by atoms with Gasteiger partial charge in [-0.25, -0.2) is 4.79 Å². The minimum Gasteiger partial charge on any atom is -0.273 e. The molecule has 0 aliphatic carbocycles. The van der Waals surface area contributed by atoms with E-state index in [4.69, 9.17) is 0 Å². The number of barbiturate groups is 1. The fourth-order valence-electron chi connectivity index (χ4n) is 2.02. The van der Waals surface area contributed by atoms with Crippen molar-refractivity contribution >= 4 is 33.8 Å². The quantitative estimate of drug-likeness (QED) is 0.777. The molecule has 2 rings (SSSR count). The van der Waals surface area contributed by atoms with Crippen LogP contribution in [0.3, 0.4) is 0 Å². The van der Waals surface area contributed by atoms with Crippen LogP contribution in [-0.4, -0.2) is 41.7 Å². The molecule has 0 unspecified atom stereocenters. The molecule has 0 spiro atoms. The zero-order valence-corrected chi connectivity index (χ0v) is 12.2. The second-order valence-electron chi connectivity index (χ2n) is 4.46. The zero-order valence-electron chi connectivity index (χ0n) is 10.6. The van der Waals surface area contributed by atoms with Crippen molar-refractivity contribution in [3.8, 4) is 0 Å². The number of urea groups is 1. The van der Waals surface area contributed by atoms with Gasteiger partial charge in [0.2, 0.25) is 11.8 Å². The zero-order chi connectivity index (χ0) is 14.2. The maximum Gasteiger partial charge on any atom is 0.332 e. The third kappa shape index (κ3) is 2.53. The molecule has 4 amide bonds. The SMILES string of the molecule is CN1C(=O)C(Cc2ccc(Br)cc2)C(=O)N(C)C1=O. The van der Waals surface area contributed by atoms with Crippen molar-refractivity contribution in [2.24, 2.45) is 5.92 Å². The van der Waals surface area contributed by atoms with Gasteiger partial charge in [-0.1, -0.05) is 28.1 Å². The molecular formula is C13H13BrN2O3. The van der Waals surface area contributed by atoms with Gasteiger partial charge in [-0.3, -0.25) is 19.4 Å². The number of benzene rings is 1. The van der Waals surface area contributed by atoms with Gasteiger partial charge in [0.15, 0.2) is 0 Å². The lowest BCUT2D eigenvalue weighted by molar-refractivity contribution is -0.147. The van der Waals surface area contributed by atoms with Crippen LogP contribution in [0.15, 0.2) is 28.7 Å². The third-order valence-electron chi connectivity index (χ3n) is 3.18. The molecule has 19 heavy (non-hydrogen) atoms. The van der Waals surface area contributed by atoms with Crippen molar-refractivity contribution in [3.63, 3.8) is 0 Å². The fourth-order valence-corrected chi connectivity index (χ4v) is 2.28. The standard InChI is InChI=1S/C13H13BrN2O3/c1-15-11(17)10(12(18)16(2)13(15)19)7-8-3-5-9(14)6-4-8/h3-6,10H,7H2,1-2H3. The molecule has 1 aliphatic rings. The number of carbonyl (C=O) groups is 3. The highest BCUT2D eigenvalue weighted by Gasteiger charge is 2.42. The van der Waals surface area contributed by atoms with Crippen LogP contribution in [-0.2, 0) is 16.0 Å². The van der Waals surface area contributed by atoms with Gasteiger partial charge in [0.1, 0.15) is 5.92 Å². The van der Waals surface area contributed by atoms with Crippen LogP contribution in [0.4, 0.5) is 4.79 Å². The Hall–Kier alpha value is -1.69. The monoisotopic (exact) mass is 324 g/mol. The molecule has 1 fully saturated rings. The molecule has 100 valence electrons. The lowest BCUT2D eigenvalue weighted by atomic mass is 9.95. The van der Waals surface area contributed by atoms with Gasteiger partial charge in [-0.2, -0.15) is 0 Å². The van der Waals surface area contributed by atoms with Crippen LogP contribution in [0.25, 0.3) is 0 Å². The summed E-state index contributed by atoms with van der Waals surface area (Å²) in [5, 5.41) is 0. The number of amides is 4. The highest BCUT2D eigenvalue weighted by Crippen LogP contribution is 2.20. The van der Waals surface area contributed by atoms with Crippen LogP contribution in [0.2, 0.25) is 0 Å². The first kappa shape index (κ1) is 13.7. The van der Waals surface area contributed by atoms with Crippen molar-refractivity contribution in [2.45, 2.75) is 6.42 Å². The van der Waals surface area contributed by atoms with Crippen molar-refractivity contribution in [1.29, 1.82) is 0 Å². The first-order chi connectivity index (χ1) is 8.91. The Kier molecular flexibility index (Phi) is 3.71. The number of nitrogens with zero attached hydrogens (tertiary/aromatic N) is 2. The average molecular weight is 325 g/mol. The lowest BCUT2D eigenvalue weighted by Crippen LogP contribution is -2.57. The van der Waals surface area contributed by atoms with Gasteiger partial charge in [0, 0.05) is 18.6 Å². The van der Waals surface area contributed by atoms with Crippen molar-refractivity contribution in [2.75, 3.05) is 14.1 Å². The van der Waals surface area contributed by atoms with E-state index in [-0.39, 0.29) is 0 Å². The number of halogens is 1. The molecule has 0 bridgehead atoms. The van der Waals surface area contributed by atoms with Gasteiger partial charge >= 0.3 is 6.03 Å². The second-order valence-corrected chi connectivity index (χ2v) is 5.38. The minimum atomic E-state index is -0.825. The first-order valence-corrected chi connectivity index (χ1v) is 6.54. The summed E-state index contributed by atoms with van der Waals surface area (Å²) < 4.78 is 0.932. The topological polar surface area (TPSA) is 57.7 Å². The summed E-state index contributed by atoms with van der Waals surface area (Å²) in [5.41, 5.74) is 0.881. The van der Waals surface area contributed by atoms with E-state index in [2.05, 4.69) is 15.9 Å². The van der Waals surface area contributed by atoms with E-state index >= 15 is 0 Å². The molecule has 6 heteroatoms. The summed E-state index contributed by atoms with van der Waals surface area (Å²) in [6.45, 7) is 0. The molecule has 0 atom stereocenters. The van der Waals surface area contributed by atoms with Gasteiger partial charge in [0.25, 0.3) is 0 Å². The van der Waals surface area contributed by atoms with E-state index in [9.17, 15) is 14.4 Å². The van der Waals surface area contributed by atoms with Crippen molar-refractivity contribution in [1.82, 2.24) is 9.80 Å². The highest BCUT2D eigenvalue weighted by atomic mass is 79.9. The smallest absolute Gasteiger partial charge is 0.273 e. The maximum absolute atomic E-state index is 12.0. The van der Waals surface area contributed by atoms with Gasteiger partial charge < -0.3 is 0 Å². The molecule has 0 radical (unpaired) electrons. The molecular weight excluding hydrogens is 312 g/mol. The van der Waals surface area contributed by atoms with Crippen molar-refractivity contribution < 1.29 is 14.4 Å². The summed E-state index contributed by atoms with van der Waals surface area (Å²) in [6.07, 6.45) is 0.299. The number of rotatable bonds is 2. The number of hydrogen-bond acceptors (Lipinski definition) is 3. The summed E-state index contributed by atoms with van der Waals surface area (Å²) in [6, 6.07) is 6.82. The molecule has 1 heterocycles. The molecule has 1 aliphatic heterocycles. The number of imide groups is 2. The van der Waals surface area contributed by atoms with Crippen LogP contribution >= 0.6 is 15.9 Å². The van der Waals surface area contributed by atoms with Crippen LogP contribution in [0, 0.1) is 5.92 Å². The summed E-state index contributed by atoms with van der Waals surface area (Å²) in [7, 11) is 2.78. The fraction of sp³-hybridized carbons (Fsp3) is 0.308. The molecule has 0 aromatic heterocycles. The Morgan fingerprint density at radius 1 is 1.00 bits per heavy atom. The van der Waals surface area contributed by atoms with Crippen LogP contribution < -0.4 is 0 Å². The predicted molar refractivity (Wildman–Crippen MR) is 72.3 cm³/mol. The van der Waals surface area contributed by atoms with Crippen LogP contribution in [0.5, 0.6) is 0 Å². The highest BCUT2D eigenvalue weighted by molar-refractivity contribution is 9.10. The number of hydrogen-bond donors (Lipinski definition) is 0. The van der Waals surface area contributed by atoms with E-state index in [0.717, 1.165) is 19.8 Å². The average Bonchev–Trinajstić information content (AvgIpc) is 2.41. The van der Waals surface area contributed by atoms with Crippen LogP contribution in [0.1, 0.15) is 5.56 Å². The predicted octanol–water partition coefficient (Wildman–Crippen LogP) is 1.66. The largest absolute Gasteiger partial charge is 0.332 e. The van der Waals surface area contributed by atoms with E-state index in [1.54, 1.807) is 0 Å². The van der Waals surface area contributed by atoms with Gasteiger partial charge in [-0.15, -0.1) is 0 Å². The summed E-state index contributed by atoms with van der Waals surface area (Å²) in [4.78, 5) is 37.6. The second kappa shape index (κ2) is 5.13. The number of carbonyl (C=O) groups excluding carboxylic acids is 3. The minimum absolute atomic E-state index is 0.299. The Morgan fingerprint density at radius 3 is 1.95 bits per heavy atom. The normalized spacial score (nSPS) is 17.3. The Labute approximate surface area is 119 Å². The van der Waals surface area contributed by atoms with E-state index in [0.29, 0.717) is 6.42 Å². The van der Waals surface area contributed by atoms with E-state index in [1.165, 1.54) is 14.1 Å². The lowest BCUT2D eigenvalue weighted by Gasteiger charge is -2.32. The molecule has 1 aromatic rings.